The second-order valence-corrected chi connectivity index (χ2v) is 3.45. The summed E-state index contributed by atoms with van der Waals surface area (Å²) in [5, 5.41) is 6.94. The molecular formula is C9H16N4O. The zero-order valence-electron chi connectivity index (χ0n) is 8.96. The molecule has 0 radical (unpaired) electrons. The normalized spacial score (nSPS) is 12.6. The van der Waals surface area contributed by atoms with Crippen molar-refractivity contribution in [3.8, 4) is 0 Å². The van der Waals surface area contributed by atoms with E-state index in [9.17, 15) is 4.79 Å². The number of carbonyl (C=O) groups is 1. The van der Waals surface area contributed by atoms with Gasteiger partial charge < -0.3 is 11.1 Å². The van der Waals surface area contributed by atoms with Crippen LogP contribution < -0.4 is 11.1 Å². The summed E-state index contributed by atoms with van der Waals surface area (Å²) in [6.07, 6.45) is 0. The summed E-state index contributed by atoms with van der Waals surface area (Å²) in [6.45, 7) is 5.40. The molecule has 1 atom stereocenters. The lowest BCUT2D eigenvalue weighted by molar-refractivity contribution is -0.117. The van der Waals surface area contributed by atoms with Gasteiger partial charge in [0.25, 0.3) is 0 Å². The molecule has 0 unspecified atom stereocenters. The summed E-state index contributed by atoms with van der Waals surface area (Å²) in [4.78, 5) is 11.4. The standard InChI is InChI=1S/C9H16N4O/c1-5(10)9(14)11-8-6(2)12-13(4)7(8)3/h5H,10H2,1-4H3,(H,11,14)/t5-/m1/s1. The monoisotopic (exact) mass is 196 g/mol. The van der Waals surface area contributed by atoms with E-state index in [1.165, 1.54) is 0 Å². The molecule has 0 aliphatic rings. The molecule has 0 fully saturated rings. The van der Waals surface area contributed by atoms with E-state index in [0.717, 1.165) is 17.1 Å². The first kappa shape index (κ1) is 10.7. The lowest BCUT2D eigenvalue weighted by Crippen LogP contribution is -2.32. The molecule has 1 rings (SSSR count). The second kappa shape index (κ2) is 3.79. The predicted octanol–water partition coefficient (Wildman–Crippen LogP) is 0.323. The van der Waals surface area contributed by atoms with Crippen molar-refractivity contribution in [2.24, 2.45) is 12.8 Å². The van der Waals surface area contributed by atoms with Crippen LogP contribution in [-0.2, 0) is 11.8 Å². The number of carbonyl (C=O) groups excluding carboxylic acids is 1. The molecule has 0 aliphatic heterocycles. The first-order chi connectivity index (χ1) is 6.43. The highest BCUT2D eigenvalue weighted by Crippen LogP contribution is 2.18. The molecule has 0 spiro atoms. The Morgan fingerprint density at radius 1 is 1.57 bits per heavy atom. The maximum Gasteiger partial charge on any atom is 0.241 e. The van der Waals surface area contributed by atoms with Gasteiger partial charge in [-0.25, -0.2) is 0 Å². The SMILES string of the molecule is Cc1nn(C)c(C)c1NC(=O)[C@@H](C)N. The Balaban J connectivity index is 2.92. The Morgan fingerprint density at radius 3 is 2.50 bits per heavy atom. The van der Waals surface area contributed by atoms with Gasteiger partial charge in [-0.2, -0.15) is 5.10 Å². The van der Waals surface area contributed by atoms with Crippen LogP contribution in [0.15, 0.2) is 0 Å². The van der Waals surface area contributed by atoms with Gasteiger partial charge in [-0.3, -0.25) is 9.48 Å². The van der Waals surface area contributed by atoms with E-state index < -0.39 is 6.04 Å². The number of rotatable bonds is 2. The summed E-state index contributed by atoms with van der Waals surface area (Å²) < 4.78 is 1.73. The lowest BCUT2D eigenvalue weighted by Gasteiger charge is -2.07. The number of nitrogens with one attached hydrogen (secondary N) is 1. The number of amides is 1. The summed E-state index contributed by atoms with van der Waals surface area (Å²) in [7, 11) is 1.84. The third kappa shape index (κ3) is 1.93. The van der Waals surface area contributed by atoms with Gasteiger partial charge in [-0.05, 0) is 20.8 Å². The predicted molar refractivity (Wildman–Crippen MR) is 55.0 cm³/mol. The smallest absolute Gasteiger partial charge is 0.241 e. The third-order valence-electron chi connectivity index (χ3n) is 2.17. The van der Waals surface area contributed by atoms with E-state index in [1.54, 1.807) is 11.6 Å². The quantitative estimate of drug-likeness (QED) is 0.715. The van der Waals surface area contributed by atoms with Crippen LogP contribution in [0.5, 0.6) is 0 Å². The molecule has 1 aromatic rings. The fourth-order valence-electron chi connectivity index (χ4n) is 1.19. The van der Waals surface area contributed by atoms with E-state index in [2.05, 4.69) is 10.4 Å². The first-order valence-corrected chi connectivity index (χ1v) is 4.50. The van der Waals surface area contributed by atoms with E-state index in [0.29, 0.717) is 0 Å². The molecule has 1 amide bonds. The van der Waals surface area contributed by atoms with Crippen molar-refractivity contribution in [1.29, 1.82) is 0 Å². The Hall–Kier alpha value is -1.36. The first-order valence-electron chi connectivity index (χ1n) is 4.50. The maximum atomic E-state index is 11.4. The van der Waals surface area contributed by atoms with Crippen LogP contribution in [0.25, 0.3) is 0 Å². The van der Waals surface area contributed by atoms with Crippen molar-refractivity contribution in [3.63, 3.8) is 0 Å². The molecule has 78 valence electrons. The van der Waals surface area contributed by atoms with Gasteiger partial charge in [-0.1, -0.05) is 0 Å². The van der Waals surface area contributed by atoms with Crippen LogP contribution in [0.1, 0.15) is 18.3 Å². The molecule has 5 heteroatoms. The minimum absolute atomic E-state index is 0.191. The van der Waals surface area contributed by atoms with Gasteiger partial charge in [0.05, 0.1) is 23.1 Å². The van der Waals surface area contributed by atoms with Crippen molar-refractivity contribution in [2.45, 2.75) is 26.8 Å². The van der Waals surface area contributed by atoms with Gasteiger partial charge in [0.15, 0.2) is 0 Å². The molecule has 0 aromatic carbocycles. The zero-order valence-corrected chi connectivity index (χ0v) is 8.96. The number of anilines is 1. The fraction of sp³-hybridized carbons (Fsp3) is 0.556. The van der Waals surface area contributed by atoms with E-state index in [1.807, 2.05) is 20.9 Å². The zero-order chi connectivity index (χ0) is 10.9. The molecule has 1 heterocycles. The van der Waals surface area contributed by atoms with E-state index >= 15 is 0 Å². The average molecular weight is 196 g/mol. The van der Waals surface area contributed by atoms with Crippen molar-refractivity contribution in [1.82, 2.24) is 9.78 Å². The van der Waals surface area contributed by atoms with Crippen LogP contribution in [0.4, 0.5) is 5.69 Å². The highest BCUT2D eigenvalue weighted by Gasteiger charge is 2.14. The summed E-state index contributed by atoms with van der Waals surface area (Å²) in [6, 6.07) is -0.506. The van der Waals surface area contributed by atoms with Crippen LogP contribution in [0.3, 0.4) is 0 Å². The van der Waals surface area contributed by atoms with Gasteiger partial charge in [-0.15, -0.1) is 0 Å². The van der Waals surface area contributed by atoms with Crippen LogP contribution in [0.2, 0.25) is 0 Å². The Morgan fingerprint density at radius 2 is 2.14 bits per heavy atom. The second-order valence-electron chi connectivity index (χ2n) is 3.45. The van der Waals surface area contributed by atoms with Gasteiger partial charge in [0, 0.05) is 7.05 Å². The number of aromatic nitrogens is 2. The number of nitrogens with two attached hydrogens (primary N) is 1. The van der Waals surface area contributed by atoms with Crippen LogP contribution in [-0.4, -0.2) is 21.7 Å². The molecule has 5 nitrogen and oxygen atoms in total. The Kier molecular flexibility index (Phi) is 2.90. The Labute approximate surface area is 83.3 Å². The minimum Gasteiger partial charge on any atom is -0.322 e. The highest BCUT2D eigenvalue weighted by molar-refractivity contribution is 5.95. The van der Waals surface area contributed by atoms with Crippen molar-refractivity contribution in [2.75, 3.05) is 5.32 Å². The van der Waals surface area contributed by atoms with Crippen molar-refractivity contribution >= 4 is 11.6 Å². The van der Waals surface area contributed by atoms with Crippen molar-refractivity contribution in [3.05, 3.63) is 11.4 Å². The fourth-order valence-corrected chi connectivity index (χ4v) is 1.19. The topological polar surface area (TPSA) is 72.9 Å². The van der Waals surface area contributed by atoms with Crippen LogP contribution >= 0.6 is 0 Å². The lowest BCUT2D eigenvalue weighted by atomic mass is 10.2. The number of hydrogen-bond acceptors (Lipinski definition) is 3. The summed E-state index contributed by atoms with van der Waals surface area (Å²) >= 11 is 0. The number of nitrogens with zero attached hydrogens (tertiary/aromatic N) is 2. The largest absolute Gasteiger partial charge is 0.322 e. The van der Waals surface area contributed by atoms with Gasteiger partial charge in [0.2, 0.25) is 5.91 Å². The molecular weight excluding hydrogens is 180 g/mol. The molecule has 0 bridgehead atoms. The average Bonchev–Trinajstić information content (AvgIpc) is 2.32. The molecule has 0 saturated carbocycles. The number of hydrogen-bond donors (Lipinski definition) is 2. The van der Waals surface area contributed by atoms with Crippen molar-refractivity contribution < 1.29 is 4.79 Å². The molecule has 14 heavy (non-hydrogen) atoms. The minimum atomic E-state index is -0.506. The van der Waals surface area contributed by atoms with Crippen LogP contribution in [0, 0.1) is 13.8 Å². The highest BCUT2D eigenvalue weighted by atomic mass is 16.2. The summed E-state index contributed by atoms with van der Waals surface area (Å²) in [5.74, 6) is -0.191. The Bertz CT molecular complexity index is 354. The van der Waals surface area contributed by atoms with Gasteiger partial charge >= 0.3 is 0 Å². The molecule has 1 aromatic heterocycles. The van der Waals surface area contributed by atoms with E-state index in [-0.39, 0.29) is 5.91 Å². The maximum absolute atomic E-state index is 11.4. The molecule has 0 saturated heterocycles. The molecule has 3 N–H and O–H groups in total. The third-order valence-corrected chi connectivity index (χ3v) is 2.17. The van der Waals surface area contributed by atoms with E-state index in [4.69, 9.17) is 5.73 Å². The number of aryl methyl sites for hydroxylation is 2. The summed E-state index contributed by atoms with van der Waals surface area (Å²) in [5.41, 5.74) is 7.94. The van der Waals surface area contributed by atoms with Gasteiger partial charge in [0.1, 0.15) is 0 Å². The molecule has 0 aliphatic carbocycles.